The first-order chi connectivity index (χ1) is 16.3. The fourth-order valence-corrected chi connectivity index (χ4v) is 4.22. The first-order valence-corrected chi connectivity index (χ1v) is 14.8. The lowest BCUT2D eigenvalue weighted by molar-refractivity contribution is -0.122. The Kier molecular flexibility index (Phi) is 21.1. The summed E-state index contributed by atoms with van der Waals surface area (Å²) in [5, 5.41) is 12.9. The number of rotatable bonds is 22. The highest BCUT2D eigenvalue weighted by Crippen LogP contribution is 2.09. The van der Waals surface area contributed by atoms with Crippen LogP contribution in [-0.2, 0) is 14.9 Å². The zero-order valence-corrected chi connectivity index (χ0v) is 22.3. The van der Waals surface area contributed by atoms with E-state index in [1.165, 1.54) is 25.3 Å². The molecule has 198 valence electrons. The van der Waals surface area contributed by atoms with E-state index < -0.39 is 28.0 Å². The van der Waals surface area contributed by atoms with E-state index in [1.54, 1.807) is 6.08 Å². The molecule has 3 N–H and O–H groups in total. The molecule has 7 heteroatoms. The lowest BCUT2D eigenvalue weighted by atomic mass is 10.1. The predicted molar refractivity (Wildman–Crippen MR) is 142 cm³/mol. The van der Waals surface area contributed by atoms with E-state index >= 15 is 0 Å². The minimum Gasteiger partial charge on any atom is -0.387 e. The smallest absolute Gasteiger partial charge is 0.267 e. The van der Waals surface area contributed by atoms with E-state index in [0.29, 0.717) is 12.8 Å². The second-order valence-electron chi connectivity index (χ2n) is 8.95. The Morgan fingerprint density at radius 2 is 1.26 bits per heavy atom. The first kappa shape index (κ1) is 32.6. The fourth-order valence-electron chi connectivity index (χ4n) is 3.49. The number of aliphatic hydroxyl groups is 1. The van der Waals surface area contributed by atoms with E-state index in [9.17, 15) is 22.9 Å². The molecule has 0 saturated carbocycles. The minimum atomic E-state index is -4.33. The molecule has 0 bridgehead atoms. The van der Waals surface area contributed by atoms with Gasteiger partial charge in [-0.05, 0) is 44.9 Å². The van der Waals surface area contributed by atoms with Crippen LogP contribution in [0.15, 0.2) is 36.5 Å². The van der Waals surface area contributed by atoms with Gasteiger partial charge in [-0.1, -0.05) is 95.2 Å². The molecule has 0 aromatic carbocycles. The first-order valence-electron chi connectivity index (χ1n) is 13.2. The normalized spacial score (nSPS) is 14.4. The number of unbranched alkanes of at least 4 members (excludes halogenated alkanes) is 10. The SMILES string of the molecule is CCCC/C=C\CCCCCCCC(=O)NC(CS(=O)(=O)O)C(O)/C=C/CC/C=C/CCCC. The van der Waals surface area contributed by atoms with Crippen LogP contribution in [0.3, 0.4) is 0 Å². The summed E-state index contributed by atoms with van der Waals surface area (Å²) in [6.45, 7) is 4.34. The largest absolute Gasteiger partial charge is 0.387 e. The van der Waals surface area contributed by atoms with Gasteiger partial charge in [-0.3, -0.25) is 9.35 Å². The van der Waals surface area contributed by atoms with Gasteiger partial charge < -0.3 is 10.4 Å². The molecule has 0 aromatic heterocycles. The van der Waals surface area contributed by atoms with Crippen LogP contribution in [0.25, 0.3) is 0 Å². The monoisotopic (exact) mass is 499 g/mol. The van der Waals surface area contributed by atoms with Crippen molar-refractivity contribution in [3.63, 3.8) is 0 Å². The van der Waals surface area contributed by atoms with Crippen molar-refractivity contribution in [1.82, 2.24) is 5.32 Å². The molecule has 0 heterocycles. The van der Waals surface area contributed by atoms with Crippen molar-refractivity contribution in [3.8, 4) is 0 Å². The quantitative estimate of drug-likeness (QED) is 0.0924. The summed E-state index contributed by atoms with van der Waals surface area (Å²) >= 11 is 0. The molecule has 6 nitrogen and oxygen atoms in total. The van der Waals surface area contributed by atoms with Crippen LogP contribution in [0.5, 0.6) is 0 Å². The average Bonchev–Trinajstić information content (AvgIpc) is 2.77. The van der Waals surface area contributed by atoms with E-state index in [-0.39, 0.29) is 12.3 Å². The van der Waals surface area contributed by atoms with E-state index in [2.05, 4.69) is 43.5 Å². The Morgan fingerprint density at radius 1 is 0.765 bits per heavy atom. The van der Waals surface area contributed by atoms with Gasteiger partial charge in [0.1, 0.15) is 0 Å². The number of allylic oxidation sites excluding steroid dienone is 5. The van der Waals surface area contributed by atoms with Crippen molar-refractivity contribution < 1.29 is 22.9 Å². The number of amides is 1. The van der Waals surface area contributed by atoms with Crippen LogP contribution in [0.1, 0.15) is 110 Å². The van der Waals surface area contributed by atoms with Crippen LogP contribution in [0.4, 0.5) is 0 Å². The number of nitrogens with one attached hydrogen (secondary N) is 1. The molecule has 2 unspecified atom stereocenters. The van der Waals surface area contributed by atoms with Crippen molar-refractivity contribution in [3.05, 3.63) is 36.5 Å². The third kappa shape index (κ3) is 22.4. The highest BCUT2D eigenvalue weighted by atomic mass is 32.2. The van der Waals surface area contributed by atoms with Crippen molar-refractivity contribution in [1.29, 1.82) is 0 Å². The Balaban J connectivity index is 4.25. The third-order valence-electron chi connectivity index (χ3n) is 5.54. The van der Waals surface area contributed by atoms with Crippen molar-refractivity contribution >= 4 is 16.0 Å². The molecular weight excluding hydrogens is 450 g/mol. The maximum absolute atomic E-state index is 12.3. The summed E-state index contributed by atoms with van der Waals surface area (Å²) < 4.78 is 31.9. The predicted octanol–water partition coefficient (Wildman–Crippen LogP) is 6.28. The number of carbonyl (C=O) groups excluding carboxylic acids is 1. The highest BCUT2D eigenvalue weighted by Gasteiger charge is 2.24. The number of aliphatic hydroxyl groups excluding tert-OH is 1. The van der Waals surface area contributed by atoms with Gasteiger partial charge in [0.2, 0.25) is 5.91 Å². The second kappa shape index (κ2) is 22.1. The lowest BCUT2D eigenvalue weighted by Crippen LogP contribution is -2.46. The molecule has 0 aromatic rings. The molecule has 0 saturated heterocycles. The van der Waals surface area contributed by atoms with Crippen molar-refractivity contribution in [2.45, 2.75) is 122 Å². The maximum atomic E-state index is 12.3. The molecule has 0 rings (SSSR count). The molecule has 0 radical (unpaired) electrons. The fraction of sp³-hybridized carbons (Fsp3) is 0.741. The van der Waals surface area contributed by atoms with Crippen LogP contribution < -0.4 is 5.32 Å². The standard InChI is InChI=1S/C27H49NO5S/c1-3-5-7-9-11-13-14-15-17-19-21-23-27(30)28-25(24-34(31,32)33)26(29)22-20-18-16-12-10-8-6-4-2/h9-12,20,22,25-26,29H,3-8,13-19,21,23-24H2,1-2H3,(H,28,30)(H,31,32,33)/b11-9-,12-10+,22-20+. The Morgan fingerprint density at radius 3 is 1.85 bits per heavy atom. The number of hydrogen-bond donors (Lipinski definition) is 3. The Labute approximate surface area is 208 Å². The zero-order chi connectivity index (χ0) is 25.5. The van der Waals surface area contributed by atoms with Crippen LogP contribution in [-0.4, -0.2) is 41.9 Å². The van der Waals surface area contributed by atoms with Gasteiger partial charge in [-0.15, -0.1) is 0 Å². The maximum Gasteiger partial charge on any atom is 0.267 e. The van der Waals surface area contributed by atoms with Gasteiger partial charge in [-0.25, -0.2) is 0 Å². The zero-order valence-electron chi connectivity index (χ0n) is 21.5. The lowest BCUT2D eigenvalue weighted by Gasteiger charge is -2.21. The van der Waals surface area contributed by atoms with Crippen LogP contribution >= 0.6 is 0 Å². The average molecular weight is 500 g/mol. The molecule has 34 heavy (non-hydrogen) atoms. The second-order valence-corrected chi connectivity index (χ2v) is 10.4. The molecule has 1 amide bonds. The van der Waals surface area contributed by atoms with E-state index in [1.807, 2.05) is 0 Å². The number of hydrogen-bond acceptors (Lipinski definition) is 4. The molecule has 0 aliphatic heterocycles. The third-order valence-corrected chi connectivity index (χ3v) is 6.32. The Bertz CT molecular complexity index is 685. The van der Waals surface area contributed by atoms with Gasteiger partial charge in [0.25, 0.3) is 10.1 Å². The molecule has 2 atom stereocenters. The van der Waals surface area contributed by atoms with E-state index in [0.717, 1.165) is 57.8 Å². The van der Waals surface area contributed by atoms with Gasteiger partial charge in [-0.2, -0.15) is 8.42 Å². The Hall–Kier alpha value is -1.44. The van der Waals surface area contributed by atoms with Gasteiger partial charge >= 0.3 is 0 Å². The molecule has 0 spiro atoms. The summed E-state index contributed by atoms with van der Waals surface area (Å²) in [5.74, 6) is -1.02. The topological polar surface area (TPSA) is 104 Å². The summed E-state index contributed by atoms with van der Waals surface area (Å²) in [6, 6.07) is -1.07. The van der Waals surface area contributed by atoms with Gasteiger partial charge in [0.15, 0.2) is 0 Å². The minimum absolute atomic E-state index is 0.276. The summed E-state index contributed by atoms with van der Waals surface area (Å²) in [6.07, 6.45) is 25.7. The van der Waals surface area contributed by atoms with Crippen molar-refractivity contribution in [2.24, 2.45) is 0 Å². The van der Waals surface area contributed by atoms with Crippen molar-refractivity contribution in [2.75, 3.05) is 5.75 Å². The van der Waals surface area contributed by atoms with Gasteiger partial charge in [0, 0.05) is 6.42 Å². The molecule has 0 aliphatic rings. The van der Waals surface area contributed by atoms with E-state index in [4.69, 9.17) is 0 Å². The highest BCUT2D eigenvalue weighted by molar-refractivity contribution is 7.85. The van der Waals surface area contributed by atoms with Crippen LogP contribution in [0.2, 0.25) is 0 Å². The van der Waals surface area contributed by atoms with Crippen LogP contribution in [0, 0.1) is 0 Å². The molecule has 0 aliphatic carbocycles. The summed E-state index contributed by atoms with van der Waals surface area (Å²) in [7, 11) is -4.33. The summed E-state index contributed by atoms with van der Waals surface area (Å²) in [5.41, 5.74) is 0. The molecule has 0 fully saturated rings. The number of carbonyl (C=O) groups is 1. The molecular formula is C27H49NO5S. The summed E-state index contributed by atoms with van der Waals surface area (Å²) in [4.78, 5) is 12.3. The van der Waals surface area contributed by atoms with Gasteiger partial charge in [0.05, 0.1) is 17.9 Å².